The Balaban J connectivity index is 1.72. The lowest BCUT2D eigenvalue weighted by Gasteiger charge is -2.29. The molecule has 2 aliphatic rings. The minimum Gasteiger partial charge on any atom is -0.391 e. The van der Waals surface area contributed by atoms with E-state index in [4.69, 9.17) is 0 Å². The molecule has 1 amide bonds. The maximum Gasteiger partial charge on any atom is 0.220 e. The van der Waals surface area contributed by atoms with Gasteiger partial charge in [-0.15, -0.1) is 0 Å². The van der Waals surface area contributed by atoms with Crippen molar-refractivity contribution >= 4 is 5.91 Å². The van der Waals surface area contributed by atoms with E-state index in [9.17, 15) is 9.90 Å². The molecule has 0 aromatic heterocycles. The fourth-order valence-corrected chi connectivity index (χ4v) is 2.91. The van der Waals surface area contributed by atoms with Crippen molar-refractivity contribution < 1.29 is 9.90 Å². The number of aliphatic hydroxyl groups is 1. The van der Waals surface area contributed by atoms with Crippen LogP contribution in [-0.4, -0.2) is 36.2 Å². The van der Waals surface area contributed by atoms with Crippen molar-refractivity contribution in [3.05, 3.63) is 0 Å². The first-order valence-corrected chi connectivity index (χ1v) is 6.94. The molecular formula is C13H24N2O2. The van der Waals surface area contributed by atoms with Gasteiger partial charge in [0, 0.05) is 6.42 Å². The molecule has 2 fully saturated rings. The van der Waals surface area contributed by atoms with E-state index < -0.39 is 0 Å². The second-order valence-electron chi connectivity index (χ2n) is 5.44. The monoisotopic (exact) mass is 240 g/mol. The topological polar surface area (TPSA) is 61.4 Å². The van der Waals surface area contributed by atoms with E-state index in [1.165, 1.54) is 6.42 Å². The molecule has 17 heavy (non-hydrogen) atoms. The van der Waals surface area contributed by atoms with Gasteiger partial charge in [0.15, 0.2) is 0 Å². The van der Waals surface area contributed by atoms with Gasteiger partial charge in [-0.1, -0.05) is 12.8 Å². The zero-order chi connectivity index (χ0) is 12.1. The standard InChI is InChI=1S/C13H24N2O2/c16-12-6-2-1-5-11(12)15-13(17)8-10-4-3-7-14-9-10/h10-12,14,16H,1-9H2,(H,15,17)/t10?,11-,12-/m0/s1. The van der Waals surface area contributed by atoms with Crippen molar-refractivity contribution in [3.63, 3.8) is 0 Å². The molecule has 3 N–H and O–H groups in total. The van der Waals surface area contributed by atoms with Gasteiger partial charge in [-0.3, -0.25) is 4.79 Å². The van der Waals surface area contributed by atoms with Crippen LogP contribution in [0.3, 0.4) is 0 Å². The van der Waals surface area contributed by atoms with Gasteiger partial charge in [-0.25, -0.2) is 0 Å². The Kier molecular flexibility index (Phi) is 4.80. The number of hydrogen-bond donors (Lipinski definition) is 3. The third kappa shape index (κ3) is 3.96. The maximum absolute atomic E-state index is 11.9. The van der Waals surface area contributed by atoms with Crippen molar-refractivity contribution in [2.45, 2.75) is 57.1 Å². The van der Waals surface area contributed by atoms with E-state index in [1.54, 1.807) is 0 Å². The van der Waals surface area contributed by atoms with Crippen LogP contribution in [0.15, 0.2) is 0 Å². The molecule has 1 saturated carbocycles. The number of piperidine rings is 1. The van der Waals surface area contributed by atoms with Crippen LogP contribution in [0, 0.1) is 5.92 Å². The summed E-state index contributed by atoms with van der Waals surface area (Å²) in [6, 6.07) is -0.00667. The smallest absolute Gasteiger partial charge is 0.220 e. The molecule has 0 radical (unpaired) electrons. The highest BCUT2D eigenvalue weighted by Crippen LogP contribution is 2.19. The molecule has 0 aromatic carbocycles. The van der Waals surface area contributed by atoms with E-state index in [-0.39, 0.29) is 18.1 Å². The highest BCUT2D eigenvalue weighted by Gasteiger charge is 2.25. The lowest BCUT2D eigenvalue weighted by Crippen LogP contribution is -2.46. The Hall–Kier alpha value is -0.610. The molecule has 1 aliphatic carbocycles. The largest absolute Gasteiger partial charge is 0.391 e. The summed E-state index contributed by atoms with van der Waals surface area (Å²) in [5.74, 6) is 0.592. The minimum absolute atomic E-state index is 0.00667. The Labute approximate surface area is 103 Å². The Morgan fingerprint density at radius 2 is 2.06 bits per heavy atom. The zero-order valence-corrected chi connectivity index (χ0v) is 10.5. The Bertz CT molecular complexity index is 252. The summed E-state index contributed by atoms with van der Waals surface area (Å²) in [7, 11) is 0. The molecule has 4 heteroatoms. The lowest BCUT2D eigenvalue weighted by molar-refractivity contribution is -0.124. The lowest BCUT2D eigenvalue weighted by atomic mass is 9.91. The number of rotatable bonds is 3. The molecule has 3 atom stereocenters. The van der Waals surface area contributed by atoms with Gasteiger partial charge >= 0.3 is 0 Å². The number of carbonyl (C=O) groups is 1. The Morgan fingerprint density at radius 1 is 1.24 bits per heavy atom. The van der Waals surface area contributed by atoms with Gasteiger partial charge in [0.1, 0.15) is 0 Å². The number of aliphatic hydroxyl groups excluding tert-OH is 1. The van der Waals surface area contributed by atoms with Crippen molar-refractivity contribution in [3.8, 4) is 0 Å². The summed E-state index contributed by atoms with van der Waals surface area (Å²) in [4.78, 5) is 11.9. The molecule has 2 rings (SSSR count). The molecule has 1 saturated heterocycles. The molecule has 4 nitrogen and oxygen atoms in total. The second-order valence-corrected chi connectivity index (χ2v) is 5.44. The molecule has 1 unspecified atom stereocenters. The van der Waals surface area contributed by atoms with E-state index in [0.717, 1.165) is 45.2 Å². The third-order valence-corrected chi connectivity index (χ3v) is 3.95. The second kappa shape index (κ2) is 6.36. The predicted molar refractivity (Wildman–Crippen MR) is 66.6 cm³/mol. The van der Waals surface area contributed by atoms with Crippen LogP contribution < -0.4 is 10.6 Å². The van der Waals surface area contributed by atoms with Crippen LogP contribution in [-0.2, 0) is 4.79 Å². The van der Waals surface area contributed by atoms with E-state index in [0.29, 0.717) is 12.3 Å². The van der Waals surface area contributed by atoms with Crippen molar-refractivity contribution in [1.29, 1.82) is 0 Å². The molecule has 0 bridgehead atoms. The number of nitrogens with one attached hydrogen (secondary N) is 2. The summed E-state index contributed by atoms with van der Waals surface area (Å²) in [5.41, 5.74) is 0. The van der Waals surface area contributed by atoms with Gasteiger partial charge in [-0.05, 0) is 44.7 Å². The first kappa shape index (κ1) is 12.8. The molecule has 0 aromatic rings. The summed E-state index contributed by atoms with van der Waals surface area (Å²) in [6.45, 7) is 2.04. The van der Waals surface area contributed by atoms with Crippen molar-refractivity contribution in [1.82, 2.24) is 10.6 Å². The number of amides is 1. The normalized spacial score (nSPS) is 34.3. The van der Waals surface area contributed by atoms with E-state index in [1.807, 2.05) is 0 Å². The van der Waals surface area contributed by atoms with E-state index >= 15 is 0 Å². The third-order valence-electron chi connectivity index (χ3n) is 3.95. The van der Waals surface area contributed by atoms with Gasteiger partial charge in [0.25, 0.3) is 0 Å². The SMILES string of the molecule is O=C(CC1CCCNC1)N[C@H]1CCCC[C@@H]1O. The van der Waals surface area contributed by atoms with Crippen LogP contribution >= 0.6 is 0 Å². The van der Waals surface area contributed by atoms with Crippen molar-refractivity contribution in [2.75, 3.05) is 13.1 Å². The molecule has 0 spiro atoms. The van der Waals surface area contributed by atoms with Gasteiger partial charge in [-0.2, -0.15) is 0 Å². The zero-order valence-electron chi connectivity index (χ0n) is 10.5. The predicted octanol–water partition coefficient (Wildman–Crippen LogP) is 0.796. The number of hydrogen-bond acceptors (Lipinski definition) is 3. The average Bonchev–Trinajstić information content (AvgIpc) is 2.33. The quantitative estimate of drug-likeness (QED) is 0.683. The fraction of sp³-hybridized carbons (Fsp3) is 0.923. The molecule has 1 heterocycles. The van der Waals surface area contributed by atoms with Gasteiger partial charge < -0.3 is 15.7 Å². The Morgan fingerprint density at radius 3 is 2.76 bits per heavy atom. The van der Waals surface area contributed by atoms with E-state index in [2.05, 4.69) is 10.6 Å². The molecule has 1 aliphatic heterocycles. The first-order valence-electron chi connectivity index (χ1n) is 6.94. The van der Waals surface area contributed by atoms with Crippen LogP contribution in [0.2, 0.25) is 0 Å². The van der Waals surface area contributed by atoms with Gasteiger partial charge in [0.05, 0.1) is 12.1 Å². The maximum atomic E-state index is 11.9. The van der Waals surface area contributed by atoms with Crippen molar-refractivity contribution in [2.24, 2.45) is 5.92 Å². The summed E-state index contributed by atoms with van der Waals surface area (Å²) < 4.78 is 0. The van der Waals surface area contributed by atoms with Crippen LogP contribution in [0.5, 0.6) is 0 Å². The number of carbonyl (C=O) groups excluding carboxylic acids is 1. The first-order chi connectivity index (χ1) is 8.25. The van der Waals surface area contributed by atoms with Crippen LogP contribution in [0.25, 0.3) is 0 Å². The minimum atomic E-state index is -0.336. The highest BCUT2D eigenvalue weighted by atomic mass is 16.3. The van der Waals surface area contributed by atoms with Crippen LogP contribution in [0.4, 0.5) is 0 Å². The fourth-order valence-electron chi connectivity index (χ4n) is 2.91. The molecule has 98 valence electrons. The van der Waals surface area contributed by atoms with Gasteiger partial charge in [0.2, 0.25) is 5.91 Å². The summed E-state index contributed by atoms with van der Waals surface area (Å²) >= 11 is 0. The van der Waals surface area contributed by atoms with Crippen LogP contribution in [0.1, 0.15) is 44.9 Å². The highest BCUT2D eigenvalue weighted by molar-refractivity contribution is 5.76. The average molecular weight is 240 g/mol. The summed E-state index contributed by atoms with van der Waals surface area (Å²) in [6.07, 6.45) is 6.55. The molecular weight excluding hydrogens is 216 g/mol. The summed E-state index contributed by atoms with van der Waals surface area (Å²) in [5, 5.41) is 16.1.